The van der Waals surface area contributed by atoms with Crippen LogP contribution in [0.1, 0.15) is 41.0 Å². The van der Waals surface area contributed by atoms with Gasteiger partial charge >= 0.3 is 12.0 Å². The molecular formula is C14H24N2O3. The Hall–Kier alpha value is -1.70. The van der Waals surface area contributed by atoms with Crippen molar-refractivity contribution in [3.8, 4) is 12.3 Å². The Morgan fingerprint density at radius 3 is 2.21 bits per heavy atom. The molecule has 0 bridgehead atoms. The van der Waals surface area contributed by atoms with Gasteiger partial charge in [-0.1, -0.05) is 12.8 Å². The number of carboxylic acid groups (broad SMARTS) is 1. The normalized spacial score (nSPS) is 11.6. The maximum absolute atomic E-state index is 12.1. The Balaban J connectivity index is 4.96. The highest BCUT2D eigenvalue weighted by Gasteiger charge is 2.44. The van der Waals surface area contributed by atoms with Crippen LogP contribution in [0.3, 0.4) is 0 Å². The fraction of sp³-hybridized carbons (Fsp3) is 0.714. The number of carbonyl (C=O) groups is 2. The number of terminal acetylenes is 1. The third kappa shape index (κ3) is 4.16. The number of urea groups is 1. The van der Waals surface area contributed by atoms with E-state index in [0.717, 1.165) is 6.42 Å². The highest BCUT2D eigenvalue weighted by Crippen LogP contribution is 2.30. The number of aliphatic carboxylic acids is 1. The van der Waals surface area contributed by atoms with Crippen molar-refractivity contribution in [2.75, 3.05) is 13.1 Å². The number of carbonyl (C=O) groups excluding carboxylic acids is 1. The molecule has 2 N–H and O–H groups in total. The maximum Gasteiger partial charge on any atom is 0.318 e. The molecule has 5 heteroatoms. The molecule has 0 rings (SSSR count). The van der Waals surface area contributed by atoms with E-state index in [1.807, 2.05) is 6.92 Å². The van der Waals surface area contributed by atoms with Crippen molar-refractivity contribution >= 4 is 12.0 Å². The van der Waals surface area contributed by atoms with Crippen molar-refractivity contribution in [1.82, 2.24) is 10.2 Å². The first kappa shape index (κ1) is 17.3. The van der Waals surface area contributed by atoms with Gasteiger partial charge in [0.25, 0.3) is 0 Å². The Morgan fingerprint density at radius 1 is 1.32 bits per heavy atom. The fourth-order valence-electron chi connectivity index (χ4n) is 1.40. The Morgan fingerprint density at radius 2 is 1.84 bits per heavy atom. The van der Waals surface area contributed by atoms with Crippen molar-refractivity contribution in [2.24, 2.45) is 5.41 Å². The van der Waals surface area contributed by atoms with E-state index in [4.69, 9.17) is 6.42 Å². The minimum Gasteiger partial charge on any atom is -0.481 e. The second-order valence-electron chi connectivity index (χ2n) is 5.61. The van der Waals surface area contributed by atoms with Gasteiger partial charge in [-0.2, -0.15) is 0 Å². The largest absolute Gasteiger partial charge is 0.481 e. The maximum atomic E-state index is 12.1. The van der Waals surface area contributed by atoms with Crippen molar-refractivity contribution in [3.63, 3.8) is 0 Å². The molecule has 5 nitrogen and oxygen atoms in total. The second-order valence-corrected chi connectivity index (χ2v) is 5.61. The number of amides is 2. The van der Waals surface area contributed by atoms with E-state index in [-0.39, 0.29) is 12.6 Å². The summed E-state index contributed by atoms with van der Waals surface area (Å²) in [5.41, 5.74) is -1.98. The molecule has 0 aromatic heterocycles. The molecule has 2 amide bonds. The van der Waals surface area contributed by atoms with Crippen LogP contribution in [0.2, 0.25) is 0 Å². The quantitative estimate of drug-likeness (QED) is 0.723. The number of rotatable bonds is 6. The van der Waals surface area contributed by atoms with Crippen LogP contribution in [-0.2, 0) is 4.79 Å². The smallest absolute Gasteiger partial charge is 0.318 e. The first-order chi connectivity index (χ1) is 8.60. The van der Waals surface area contributed by atoms with E-state index in [1.165, 1.54) is 4.90 Å². The Labute approximate surface area is 115 Å². The predicted molar refractivity (Wildman–Crippen MR) is 74.7 cm³/mol. The summed E-state index contributed by atoms with van der Waals surface area (Å²) in [4.78, 5) is 24.9. The van der Waals surface area contributed by atoms with Gasteiger partial charge in [-0.05, 0) is 34.1 Å². The third-order valence-electron chi connectivity index (χ3n) is 3.58. The first-order valence-electron chi connectivity index (χ1n) is 6.34. The molecule has 0 spiro atoms. The molecule has 0 aliphatic rings. The summed E-state index contributed by atoms with van der Waals surface area (Å²) in [5, 5.41) is 12.0. The number of nitrogens with zero attached hydrogens (tertiary/aromatic N) is 1. The number of carboxylic acids is 1. The van der Waals surface area contributed by atoms with Gasteiger partial charge in [-0.3, -0.25) is 4.79 Å². The van der Waals surface area contributed by atoms with Gasteiger partial charge in [0.2, 0.25) is 0 Å². The first-order valence-corrected chi connectivity index (χ1v) is 6.34. The van der Waals surface area contributed by atoms with Gasteiger partial charge in [-0.25, -0.2) is 4.79 Å². The van der Waals surface area contributed by atoms with Crippen molar-refractivity contribution < 1.29 is 14.7 Å². The molecule has 0 heterocycles. The lowest BCUT2D eigenvalue weighted by atomic mass is 9.74. The van der Waals surface area contributed by atoms with Crippen LogP contribution in [0.5, 0.6) is 0 Å². The van der Waals surface area contributed by atoms with E-state index in [1.54, 1.807) is 27.7 Å². The lowest BCUT2D eigenvalue weighted by Crippen LogP contribution is -2.59. The fourth-order valence-corrected chi connectivity index (χ4v) is 1.40. The molecule has 0 aliphatic carbocycles. The Kier molecular flexibility index (Phi) is 5.88. The van der Waals surface area contributed by atoms with E-state index < -0.39 is 16.9 Å². The van der Waals surface area contributed by atoms with E-state index in [2.05, 4.69) is 11.2 Å². The standard InChI is InChI=1S/C14H24N2O3/c1-7-9-16(10-8-2)12(19)15-14(5,6)13(3,4)11(17)18/h1H,8-10H2,2-6H3,(H,15,19)(H,17,18). The minimum atomic E-state index is -1.09. The predicted octanol–water partition coefficient (Wildman–Crippen LogP) is 1.93. The minimum absolute atomic E-state index is 0.212. The summed E-state index contributed by atoms with van der Waals surface area (Å²) in [5.74, 6) is 1.47. The SMILES string of the molecule is C#CCN(CCC)C(=O)NC(C)(C)C(C)(C)C(=O)O. The van der Waals surface area contributed by atoms with Gasteiger partial charge in [0, 0.05) is 6.54 Å². The van der Waals surface area contributed by atoms with Crippen LogP contribution in [0, 0.1) is 17.8 Å². The molecule has 0 aromatic rings. The Bertz CT molecular complexity index is 381. The third-order valence-corrected chi connectivity index (χ3v) is 3.58. The second kappa shape index (κ2) is 6.46. The van der Waals surface area contributed by atoms with E-state index in [0.29, 0.717) is 6.54 Å². The zero-order valence-electron chi connectivity index (χ0n) is 12.4. The van der Waals surface area contributed by atoms with E-state index >= 15 is 0 Å². The average Bonchev–Trinajstić information content (AvgIpc) is 2.27. The molecule has 0 fully saturated rings. The van der Waals surface area contributed by atoms with Crippen molar-refractivity contribution in [3.05, 3.63) is 0 Å². The number of hydrogen-bond donors (Lipinski definition) is 2. The zero-order valence-corrected chi connectivity index (χ0v) is 12.4. The van der Waals surface area contributed by atoms with Crippen molar-refractivity contribution in [1.29, 1.82) is 0 Å². The lowest BCUT2D eigenvalue weighted by molar-refractivity contribution is -0.150. The highest BCUT2D eigenvalue weighted by molar-refractivity contribution is 5.79. The summed E-state index contributed by atoms with van der Waals surface area (Å²) in [7, 11) is 0. The van der Waals surface area contributed by atoms with Crippen molar-refractivity contribution in [2.45, 2.75) is 46.6 Å². The highest BCUT2D eigenvalue weighted by atomic mass is 16.4. The van der Waals surface area contributed by atoms with Crippen LogP contribution in [0.4, 0.5) is 4.79 Å². The number of nitrogens with one attached hydrogen (secondary N) is 1. The van der Waals surface area contributed by atoms with Crippen LogP contribution in [0.25, 0.3) is 0 Å². The molecule has 0 radical (unpaired) electrons. The topological polar surface area (TPSA) is 69.6 Å². The van der Waals surface area contributed by atoms with Crippen LogP contribution < -0.4 is 5.32 Å². The summed E-state index contributed by atoms with van der Waals surface area (Å²) in [6.45, 7) is 9.26. The molecule has 0 saturated carbocycles. The molecule has 0 unspecified atom stereocenters. The number of hydrogen-bond acceptors (Lipinski definition) is 2. The molecule has 0 aromatic carbocycles. The average molecular weight is 268 g/mol. The molecule has 0 aliphatic heterocycles. The summed E-state index contributed by atoms with van der Waals surface area (Å²) in [6, 6.07) is -0.334. The molecule has 19 heavy (non-hydrogen) atoms. The molecule has 0 saturated heterocycles. The van der Waals surface area contributed by atoms with E-state index in [9.17, 15) is 14.7 Å². The zero-order chi connectivity index (χ0) is 15.3. The van der Waals surface area contributed by atoms with Gasteiger partial charge in [0.05, 0.1) is 17.5 Å². The molecule has 108 valence electrons. The van der Waals surface area contributed by atoms with Gasteiger partial charge in [-0.15, -0.1) is 6.42 Å². The van der Waals surface area contributed by atoms with Crippen LogP contribution in [0.15, 0.2) is 0 Å². The summed E-state index contributed by atoms with van der Waals surface area (Å²) in [6.07, 6.45) is 6.02. The summed E-state index contributed by atoms with van der Waals surface area (Å²) >= 11 is 0. The molecule has 0 atom stereocenters. The van der Waals surface area contributed by atoms with Crippen LogP contribution in [-0.4, -0.2) is 40.6 Å². The summed E-state index contributed by atoms with van der Waals surface area (Å²) < 4.78 is 0. The van der Waals surface area contributed by atoms with Gasteiger partial charge < -0.3 is 15.3 Å². The van der Waals surface area contributed by atoms with Crippen LogP contribution >= 0.6 is 0 Å². The van der Waals surface area contributed by atoms with Gasteiger partial charge in [0.15, 0.2) is 0 Å². The van der Waals surface area contributed by atoms with Gasteiger partial charge in [0.1, 0.15) is 0 Å². The molecular weight excluding hydrogens is 244 g/mol. The monoisotopic (exact) mass is 268 g/mol. The lowest BCUT2D eigenvalue weighted by Gasteiger charge is -2.40.